The lowest BCUT2D eigenvalue weighted by Gasteiger charge is -2.31. The van der Waals surface area contributed by atoms with Crippen molar-refractivity contribution in [2.24, 2.45) is 5.92 Å². The summed E-state index contributed by atoms with van der Waals surface area (Å²) in [5.41, 5.74) is 2.81. The number of aromatic nitrogens is 2. The largest absolute Gasteiger partial charge is 0.486 e. The minimum Gasteiger partial charge on any atom is -0.486 e. The number of H-pyrrole nitrogens is 1. The Balaban J connectivity index is 1.22. The highest BCUT2D eigenvalue weighted by Gasteiger charge is 2.29. The van der Waals surface area contributed by atoms with Gasteiger partial charge in [0.1, 0.15) is 18.9 Å². The van der Waals surface area contributed by atoms with Crippen molar-refractivity contribution in [3.63, 3.8) is 0 Å². The first-order chi connectivity index (χ1) is 15.2. The van der Waals surface area contributed by atoms with E-state index in [1.165, 1.54) is 0 Å². The third-order valence-electron chi connectivity index (χ3n) is 5.86. The van der Waals surface area contributed by atoms with E-state index in [2.05, 4.69) is 10.2 Å². The topological polar surface area (TPSA) is 84.5 Å². The fraction of sp³-hybridized carbons (Fsp3) is 0.292. The average molecular weight is 417 g/mol. The molecule has 1 N–H and O–H groups in total. The fourth-order valence-corrected chi connectivity index (χ4v) is 4.14. The van der Waals surface area contributed by atoms with Gasteiger partial charge in [-0.2, -0.15) is 5.10 Å². The van der Waals surface area contributed by atoms with E-state index in [-0.39, 0.29) is 17.6 Å². The summed E-state index contributed by atoms with van der Waals surface area (Å²) in [6, 6.07) is 16.9. The minimum absolute atomic E-state index is 0.0834. The molecule has 3 heterocycles. The van der Waals surface area contributed by atoms with Crippen LogP contribution in [0.25, 0.3) is 11.3 Å². The van der Waals surface area contributed by atoms with E-state index >= 15 is 0 Å². The van der Waals surface area contributed by atoms with Crippen LogP contribution >= 0.6 is 0 Å². The number of rotatable bonds is 4. The molecule has 0 saturated carbocycles. The summed E-state index contributed by atoms with van der Waals surface area (Å²) < 4.78 is 11.1. The summed E-state index contributed by atoms with van der Waals surface area (Å²) in [5.74, 6) is 1.21. The molecule has 0 aliphatic carbocycles. The van der Waals surface area contributed by atoms with E-state index in [0.717, 1.165) is 11.3 Å². The summed E-state index contributed by atoms with van der Waals surface area (Å²) in [6.45, 7) is 2.10. The van der Waals surface area contributed by atoms with Gasteiger partial charge in [0, 0.05) is 30.1 Å². The Morgan fingerprint density at radius 1 is 0.935 bits per heavy atom. The predicted octanol–water partition coefficient (Wildman–Crippen LogP) is 3.58. The molecule has 1 aromatic heterocycles. The van der Waals surface area contributed by atoms with E-state index < -0.39 is 0 Å². The van der Waals surface area contributed by atoms with Crippen LogP contribution in [0.3, 0.4) is 0 Å². The zero-order valence-corrected chi connectivity index (χ0v) is 17.0. The van der Waals surface area contributed by atoms with Gasteiger partial charge in [0.15, 0.2) is 17.3 Å². The molecule has 1 amide bonds. The molecule has 0 radical (unpaired) electrons. The van der Waals surface area contributed by atoms with Crippen LogP contribution < -0.4 is 9.47 Å². The molecule has 7 heteroatoms. The van der Waals surface area contributed by atoms with Crippen molar-refractivity contribution >= 4 is 11.7 Å². The normalized spacial score (nSPS) is 16.2. The van der Waals surface area contributed by atoms with Crippen molar-refractivity contribution in [3.8, 4) is 22.8 Å². The number of nitrogens with zero attached hydrogens (tertiary/aromatic N) is 2. The fourth-order valence-electron chi connectivity index (χ4n) is 4.14. The Bertz CT molecular complexity index is 1100. The van der Waals surface area contributed by atoms with E-state index in [1.807, 2.05) is 30.3 Å². The number of aromatic amines is 1. The summed E-state index contributed by atoms with van der Waals surface area (Å²) >= 11 is 0. The molecule has 1 saturated heterocycles. The molecular formula is C24H23N3O4. The van der Waals surface area contributed by atoms with E-state index in [9.17, 15) is 9.59 Å². The number of piperidine rings is 1. The molecule has 0 bridgehead atoms. The van der Waals surface area contributed by atoms with Gasteiger partial charge >= 0.3 is 0 Å². The number of hydrogen-bond acceptors (Lipinski definition) is 5. The van der Waals surface area contributed by atoms with Crippen LogP contribution in [0.5, 0.6) is 11.5 Å². The van der Waals surface area contributed by atoms with Gasteiger partial charge in [0.25, 0.3) is 5.91 Å². The van der Waals surface area contributed by atoms with E-state index in [0.29, 0.717) is 61.9 Å². The number of hydrogen-bond donors (Lipinski definition) is 1. The number of carbonyl (C=O) groups excluding carboxylic acids is 2. The van der Waals surface area contributed by atoms with Gasteiger partial charge in [0.2, 0.25) is 0 Å². The zero-order chi connectivity index (χ0) is 21.2. The Hall–Kier alpha value is -3.61. The maximum Gasteiger partial charge on any atom is 0.271 e. The number of ketones is 1. The lowest BCUT2D eigenvalue weighted by molar-refractivity contribution is 0.0645. The Labute approximate surface area is 180 Å². The highest BCUT2D eigenvalue weighted by Crippen LogP contribution is 2.32. The van der Waals surface area contributed by atoms with Gasteiger partial charge < -0.3 is 14.4 Å². The molecule has 3 aromatic rings. The first-order valence-electron chi connectivity index (χ1n) is 10.5. The molecule has 5 rings (SSSR count). The molecule has 7 nitrogen and oxygen atoms in total. The summed E-state index contributed by atoms with van der Waals surface area (Å²) in [5, 5.41) is 7.13. The number of amides is 1. The van der Waals surface area contributed by atoms with Crippen LogP contribution in [-0.2, 0) is 0 Å². The maximum atomic E-state index is 13.0. The van der Waals surface area contributed by atoms with Crippen molar-refractivity contribution in [1.29, 1.82) is 0 Å². The summed E-state index contributed by atoms with van der Waals surface area (Å²) in [4.78, 5) is 27.7. The van der Waals surface area contributed by atoms with Gasteiger partial charge in [-0.3, -0.25) is 14.7 Å². The second-order valence-electron chi connectivity index (χ2n) is 7.82. The lowest BCUT2D eigenvalue weighted by Crippen LogP contribution is -2.40. The molecule has 2 aliphatic rings. The summed E-state index contributed by atoms with van der Waals surface area (Å²) in [6.07, 6.45) is 1.28. The number of fused-ring (bicyclic) bond motifs is 1. The van der Waals surface area contributed by atoms with Crippen molar-refractivity contribution in [1.82, 2.24) is 15.1 Å². The van der Waals surface area contributed by atoms with E-state index in [1.54, 1.807) is 29.2 Å². The van der Waals surface area contributed by atoms with Crippen LogP contribution in [0.4, 0.5) is 0 Å². The first-order valence-corrected chi connectivity index (χ1v) is 10.5. The van der Waals surface area contributed by atoms with Crippen LogP contribution in [0.2, 0.25) is 0 Å². The van der Waals surface area contributed by atoms with Gasteiger partial charge in [0.05, 0.1) is 5.69 Å². The molecule has 31 heavy (non-hydrogen) atoms. The van der Waals surface area contributed by atoms with Crippen molar-refractivity contribution in [3.05, 3.63) is 65.9 Å². The summed E-state index contributed by atoms with van der Waals surface area (Å²) in [7, 11) is 0. The van der Waals surface area contributed by atoms with Crippen molar-refractivity contribution < 1.29 is 19.1 Å². The molecule has 0 spiro atoms. The highest BCUT2D eigenvalue weighted by molar-refractivity contribution is 5.99. The molecular weight excluding hydrogens is 394 g/mol. The van der Waals surface area contributed by atoms with Crippen molar-refractivity contribution in [2.75, 3.05) is 26.3 Å². The van der Waals surface area contributed by atoms with Gasteiger partial charge in [-0.25, -0.2) is 0 Å². The van der Waals surface area contributed by atoms with Crippen LogP contribution in [-0.4, -0.2) is 53.1 Å². The van der Waals surface area contributed by atoms with Crippen LogP contribution in [0.15, 0.2) is 54.6 Å². The number of benzene rings is 2. The third-order valence-corrected chi connectivity index (χ3v) is 5.86. The van der Waals surface area contributed by atoms with Gasteiger partial charge in [-0.05, 0) is 37.1 Å². The van der Waals surface area contributed by atoms with Crippen LogP contribution in [0, 0.1) is 5.92 Å². The molecule has 1 fully saturated rings. The monoisotopic (exact) mass is 417 g/mol. The molecule has 2 aromatic carbocycles. The van der Waals surface area contributed by atoms with Gasteiger partial charge in [-0.1, -0.05) is 30.3 Å². The number of ether oxygens (including phenoxy) is 2. The first kappa shape index (κ1) is 19.4. The quantitative estimate of drug-likeness (QED) is 0.656. The Morgan fingerprint density at radius 3 is 2.45 bits per heavy atom. The average Bonchev–Trinajstić information content (AvgIpc) is 3.34. The lowest BCUT2D eigenvalue weighted by atomic mass is 9.88. The SMILES string of the molecule is O=C(c1ccc2c(c1)OCCO2)C1CCN(C(=O)c2cc(-c3ccccc3)n[nH]2)CC1. The maximum absolute atomic E-state index is 13.0. The zero-order valence-electron chi connectivity index (χ0n) is 17.0. The Morgan fingerprint density at radius 2 is 1.68 bits per heavy atom. The molecule has 2 aliphatic heterocycles. The molecule has 0 unspecified atom stereocenters. The minimum atomic E-state index is -0.103. The number of nitrogens with one attached hydrogen (secondary N) is 1. The number of likely N-dealkylation sites (tertiary alicyclic amines) is 1. The van der Waals surface area contributed by atoms with Crippen molar-refractivity contribution in [2.45, 2.75) is 12.8 Å². The van der Waals surface area contributed by atoms with Crippen LogP contribution in [0.1, 0.15) is 33.7 Å². The molecule has 158 valence electrons. The molecule has 0 atom stereocenters. The second kappa shape index (κ2) is 8.26. The smallest absolute Gasteiger partial charge is 0.271 e. The standard InChI is InChI=1S/C24H23N3O4/c28-23(18-6-7-21-22(14-18)31-13-12-30-21)17-8-10-27(11-9-17)24(29)20-15-19(25-26-20)16-4-2-1-3-5-16/h1-7,14-15,17H,8-13H2,(H,25,26). The van der Waals surface area contributed by atoms with E-state index in [4.69, 9.17) is 9.47 Å². The van der Waals surface area contributed by atoms with Gasteiger partial charge in [-0.15, -0.1) is 0 Å². The number of carbonyl (C=O) groups is 2. The predicted molar refractivity (Wildman–Crippen MR) is 114 cm³/mol. The third kappa shape index (κ3) is 3.91. The highest BCUT2D eigenvalue weighted by atomic mass is 16.6. The Kier molecular flexibility index (Phi) is 5.16. The number of Topliss-reactive ketones (excluding diaryl/α,β-unsaturated/α-hetero) is 1. The second-order valence-corrected chi connectivity index (χ2v) is 7.82.